The molecule has 0 unspecified atom stereocenters. The van der Waals surface area contributed by atoms with Crippen molar-refractivity contribution in [3.05, 3.63) is 58.0 Å². The number of para-hydroxylation sites is 1. The van der Waals surface area contributed by atoms with Crippen LogP contribution in [-0.2, 0) is 14.4 Å². The number of nitrogens with zero attached hydrogens (tertiary/aromatic N) is 1. The predicted octanol–water partition coefficient (Wildman–Crippen LogP) is 2.85. The van der Waals surface area contributed by atoms with E-state index in [0.29, 0.717) is 22.7 Å². The number of anilines is 1. The SMILES string of the molecule is COc1cc(/C=C2\SC(=O)N(CC(=O)Nc3c(C)cccc3C)C2=O)ccc1OCC(N)=O. The van der Waals surface area contributed by atoms with Gasteiger partial charge in [0.15, 0.2) is 18.1 Å². The number of aryl methyl sites for hydroxylation is 2. The molecule has 2 aromatic rings. The van der Waals surface area contributed by atoms with Crippen LogP contribution in [0, 0.1) is 13.8 Å². The smallest absolute Gasteiger partial charge is 0.294 e. The molecule has 4 amide bonds. The van der Waals surface area contributed by atoms with Crippen LogP contribution < -0.4 is 20.5 Å². The first-order valence-corrected chi connectivity index (χ1v) is 10.7. The third-order valence-corrected chi connectivity index (χ3v) is 5.68. The lowest BCUT2D eigenvalue weighted by Crippen LogP contribution is -2.36. The number of thioether (sulfide) groups is 1. The van der Waals surface area contributed by atoms with Gasteiger partial charge in [-0.25, -0.2) is 0 Å². The van der Waals surface area contributed by atoms with Gasteiger partial charge in [0, 0.05) is 5.69 Å². The second kappa shape index (κ2) is 10.2. The van der Waals surface area contributed by atoms with Gasteiger partial charge >= 0.3 is 0 Å². The molecular weight excluding hydrogens is 446 g/mol. The van der Waals surface area contributed by atoms with E-state index < -0.39 is 23.0 Å². The molecule has 0 aliphatic carbocycles. The zero-order chi connectivity index (χ0) is 24.1. The van der Waals surface area contributed by atoms with Crippen molar-refractivity contribution < 1.29 is 28.7 Å². The molecule has 0 radical (unpaired) electrons. The van der Waals surface area contributed by atoms with Crippen molar-refractivity contribution >= 4 is 46.5 Å². The van der Waals surface area contributed by atoms with Gasteiger partial charge in [0.1, 0.15) is 6.54 Å². The molecule has 0 saturated carbocycles. The summed E-state index contributed by atoms with van der Waals surface area (Å²) >= 11 is 0.748. The summed E-state index contributed by atoms with van der Waals surface area (Å²) in [4.78, 5) is 49.7. The molecule has 9 nitrogen and oxygen atoms in total. The van der Waals surface area contributed by atoms with Crippen molar-refractivity contribution in [2.75, 3.05) is 25.6 Å². The van der Waals surface area contributed by atoms with Crippen LogP contribution in [0.4, 0.5) is 10.5 Å². The number of benzene rings is 2. The molecule has 1 saturated heterocycles. The Morgan fingerprint density at radius 3 is 2.45 bits per heavy atom. The molecule has 0 atom stereocenters. The van der Waals surface area contributed by atoms with Crippen molar-refractivity contribution in [1.29, 1.82) is 0 Å². The molecule has 1 aliphatic heterocycles. The first-order valence-electron chi connectivity index (χ1n) is 9.90. The maximum atomic E-state index is 12.8. The topological polar surface area (TPSA) is 128 Å². The number of hydrogen-bond acceptors (Lipinski definition) is 7. The van der Waals surface area contributed by atoms with Crippen molar-refractivity contribution in [3.63, 3.8) is 0 Å². The lowest BCUT2D eigenvalue weighted by atomic mass is 10.1. The van der Waals surface area contributed by atoms with E-state index in [-0.39, 0.29) is 18.1 Å². The zero-order valence-electron chi connectivity index (χ0n) is 18.3. The Morgan fingerprint density at radius 2 is 1.82 bits per heavy atom. The van der Waals surface area contributed by atoms with Crippen molar-refractivity contribution in [3.8, 4) is 11.5 Å². The Balaban J connectivity index is 1.73. The summed E-state index contributed by atoms with van der Waals surface area (Å²) in [5, 5.41) is 2.24. The van der Waals surface area contributed by atoms with Crippen LogP contribution in [0.2, 0.25) is 0 Å². The third kappa shape index (κ3) is 5.72. The first kappa shape index (κ1) is 23.9. The van der Waals surface area contributed by atoms with Crippen LogP contribution in [0.25, 0.3) is 6.08 Å². The fourth-order valence-electron chi connectivity index (χ4n) is 3.16. The van der Waals surface area contributed by atoms with E-state index >= 15 is 0 Å². The van der Waals surface area contributed by atoms with Gasteiger partial charge in [-0.3, -0.25) is 24.1 Å². The van der Waals surface area contributed by atoms with Gasteiger partial charge in [-0.2, -0.15) is 0 Å². The number of nitrogens with one attached hydrogen (secondary N) is 1. The number of ether oxygens (including phenoxy) is 2. The number of imide groups is 1. The molecule has 1 aliphatic rings. The molecule has 10 heteroatoms. The lowest BCUT2D eigenvalue weighted by Gasteiger charge is -2.15. The fraction of sp³-hybridized carbons (Fsp3) is 0.217. The minimum atomic E-state index is -0.628. The molecule has 0 aromatic heterocycles. The standard InChI is InChI=1S/C23H23N3O6S/c1-13-5-4-6-14(2)21(13)25-20(28)11-26-22(29)18(33-23(26)30)10-15-7-8-16(17(9-15)31-3)32-12-19(24)27/h4-10H,11-12H2,1-3H3,(H2,24,27)(H,25,28)/b18-10-. The van der Waals surface area contributed by atoms with Crippen molar-refractivity contribution in [1.82, 2.24) is 4.90 Å². The molecule has 1 fully saturated rings. The summed E-state index contributed by atoms with van der Waals surface area (Å²) in [7, 11) is 1.43. The number of carbonyl (C=O) groups is 4. The zero-order valence-corrected chi connectivity index (χ0v) is 19.2. The summed E-state index contributed by atoms with van der Waals surface area (Å²) in [6, 6.07) is 10.4. The van der Waals surface area contributed by atoms with E-state index in [9.17, 15) is 19.2 Å². The molecule has 2 aromatic carbocycles. The van der Waals surface area contributed by atoms with Crippen LogP contribution in [0.5, 0.6) is 11.5 Å². The van der Waals surface area contributed by atoms with E-state index in [0.717, 1.165) is 27.8 Å². The highest BCUT2D eigenvalue weighted by atomic mass is 32.2. The summed E-state index contributed by atoms with van der Waals surface area (Å²) in [5.41, 5.74) is 8.09. The third-order valence-electron chi connectivity index (χ3n) is 4.78. The molecule has 3 rings (SSSR count). The maximum Gasteiger partial charge on any atom is 0.294 e. The number of methoxy groups -OCH3 is 1. The number of amides is 4. The number of hydrogen-bond donors (Lipinski definition) is 2. The van der Waals surface area contributed by atoms with E-state index in [1.165, 1.54) is 13.2 Å². The van der Waals surface area contributed by atoms with Gasteiger partial charge in [-0.15, -0.1) is 0 Å². The summed E-state index contributed by atoms with van der Waals surface area (Å²) in [5.74, 6) is -1.01. The maximum absolute atomic E-state index is 12.8. The molecule has 3 N–H and O–H groups in total. The van der Waals surface area contributed by atoms with Crippen molar-refractivity contribution in [2.24, 2.45) is 5.73 Å². The monoisotopic (exact) mass is 469 g/mol. The van der Waals surface area contributed by atoms with Crippen LogP contribution >= 0.6 is 11.8 Å². The highest BCUT2D eigenvalue weighted by molar-refractivity contribution is 8.18. The Morgan fingerprint density at radius 1 is 1.12 bits per heavy atom. The number of carbonyl (C=O) groups excluding carboxylic acids is 4. The summed E-state index contributed by atoms with van der Waals surface area (Å²) in [6.07, 6.45) is 1.52. The molecule has 0 bridgehead atoms. The molecule has 33 heavy (non-hydrogen) atoms. The quantitative estimate of drug-likeness (QED) is 0.569. The highest BCUT2D eigenvalue weighted by Crippen LogP contribution is 2.34. The summed E-state index contributed by atoms with van der Waals surface area (Å²) < 4.78 is 10.5. The summed E-state index contributed by atoms with van der Waals surface area (Å²) in [6.45, 7) is 3.03. The van der Waals surface area contributed by atoms with Crippen molar-refractivity contribution in [2.45, 2.75) is 13.8 Å². The van der Waals surface area contributed by atoms with E-state index in [4.69, 9.17) is 15.2 Å². The average Bonchev–Trinajstić information content (AvgIpc) is 3.02. The molecule has 1 heterocycles. The van der Waals surface area contributed by atoms with E-state index in [1.54, 1.807) is 18.2 Å². The first-order chi connectivity index (χ1) is 15.7. The Labute approximate surface area is 194 Å². The largest absolute Gasteiger partial charge is 0.493 e. The molecular formula is C23H23N3O6S. The van der Waals surface area contributed by atoms with Gasteiger partial charge in [-0.05, 0) is 60.5 Å². The van der Waals surface area contributed by atoms with Gasteiger partial charge in [0.2, 0.25) is 5.91 Å². The lowest BCUT2D eigenvalue weighted by molar-refractivity contribution is -0.127. The Kier molecular flexibility index (Phi) is 7.39. The Hall–Kier alpha value is -3.79. The van der Waals surface area contributed by atoms with Crippen LogP contribution in [0.3, 0.4) is 0 Å². The average molecular weight is 470 g/mol. The van der Waals surface area contributed by atoms with Crippen LogP contribution in [0.15, 0.2) is 41.3 Å². The van der Waals surface area contributed by atoms with Crippen LogP contribution in [-0.4, -0.2) is 48.1 Å². The minimum absolute atomic E-state index is 0.174. The second-order valence-corrected chi connectivity index (χ2v) is 8.24. The predicted molar refractivity (Wildman–Crippen MR) is 125 cm³/mol. The number of primary amides is 1. The Bertz CT molecular complexity index is 1140. The minimum Gasteiger partial charge on any atom is -0.493 e. The number of rotatable bonds is 8. The van der Waals surface area contributed by atoms with Gasteiger partial charge in [0.05, 0.1) is 12.0 Å². The van der Waals surface area contributed by atoms with Crippen LogP contribution in [0.1, 0.15) is 16.7 Å². The van der Waals surface area contributed by atoms with Gasteiger partial charge in [-0.1, -0.05) is 24.3 Å². The van der Waals surface area contributed by atoms with E-state index in [1.807, 2.05) is 32.0 Å². The molecule has 0 spiro atoms. The van der Waals surface area contributed by atoms with Gasteiger partial charge < -0.3 is 20.5 Å². The normalized spacial score (nSPS) is 14.5. The van der Waals surface area contributed by atoms with E-state index in [2.05, 4.69) is 5.32 Å². The van der Waals surface area contributed by atoms with Gasteiger partial charge in [0.25, 0.3) is 17.1 Å². The number of nitrogens with two attached hydrogens (primary N) is 1. The molecule has 172 valence electrons. The highest BCUT2D eigenvalue weighted by Gasteiger charge is 2.36. The fourth-order valence-corrected chi connectivity index (χ4v) is 4.00. The second-order valence-electron chi connectivity index (χ2n) is 7.25.